The number of carbonyl (C=O) groups is 2. The fraction of sp³-hybridized carbons (Fsp3) is 0.391. The fourth-order valence-electron chi connectivity index (χ4n) is 3.11. The maximum absolute atomic E-state index is 13.1. The highest BCUT2D eigenvalue weighted by atomic mass is 35.5. The molecule has 174 valence electrons. The highest BCUT2D eigenvalue weighted by Gasteiger charge is 2.25. The van der Waals surface area contributed by atoms with Gasteiger partial charge in [-0.2, -0.15) is 11.8 Å². The van der Waals surface area contributed by atoms with Crippen LogP contribution in [0.25, 0.3) is 0 Å². The second kappa shape index (κ2) is 12.8. The average molecular weight is 499 g/mol. The molecule has 1 unspecified atom stereocenters. The Balaban J connectivity index is 2.06. The van der Waals surface area contributed by atoms with Crippen LogP contribution in [0.3, 0.4) is 0 Å². The van der Waals surface area contributed by atoms with E-state index in [0.717, 1.165) is 11.3 Å². The van der Waals surface area contributed by atoms with E-state index in [0.29, 0.717) is 35.9 Å². The smallest absolute Gasteiger partial charge is 0.253 e. The van der Waals surface area contributed by atoms with Gasteiger partial charge in [0.1, 0.15) is 6.04 Å². The van der Waals surface area contributed by atoms with Gasteiger partial charge in [0.05, 0.1) is 24.8 Å². The van der Waals surface area contributed by atoms with Gasteiger partial charge in [-0.15, -0.1) is 0 Å². The summed E-state index contributed by atoms with van der Waals surface area (Å²) in [5, 5.41) is 3.52. The summed E-state index contributed by atoms with van der Waals surface area (Å²) >= 11 is 13.7. The van der Waals surface area contributed by atoms with Crippen molar-refractivity contribution in [2.75, 3.05) is 39.8 Å². The number of benzene rings is 2. The first-order chi connectivity index (χ1) is 15.3. The van der Waals surface area contributed by atoms with Crippen molar-refractivity contribution in [3.05, 3.63) is 57.6 Å². The van der Waals surface area contributed by atoms with E-state index in [2.05, 4.69) is 5.32 Å². The predicted octanol–water partition coefficient (Wildman–Crippen LogP) is 4.56. The second-order valence-corrected chi connectivity index (χ2v) is 8.96. The van der Waals surface area contributed by atoms with Crippen molar-refractivity contribution in [2.24, 2.45) is 0 Å². The molecule has 0 bridgehead atoms. The van der Waals surface area contributed by atoms with Crippen LogP contribution in [0.4, 0.5) is 0 Å². The number of nitrogens with zero attached hydrogens (tertiary/aromatic N) is 1. The molecular weight excluding hydrogens is 471 g/mol. The highest BCUT2D eigenvalue weighted by molar-refractivity contribution is 7.98. The maximum atomic E-state index is 13.1. The van der Waals surface area contributed by atoms with Gasteiger partial charge < -0.3 is 19.7 Å². The molecule has 0 radical (unpaired) electrons. The molecule has 0 spiro atoms. The largest absolute Gasteiger partial charge is 0.493 e. The first kappa shape index (κ1) is 26.2. The van der Waals surface area contributed by atoms with Gasteiger partial charge in [0.15, 0.2) is 11.5 Å². The SMILES string of the molecule is COc1ccc(CCN(C)C(=O)C(CCSC)NC(=O)c2ccc(Cl)cc2Cl)cc1OC. The van der Waals surface area contributed by atoms with E-state index in [1.165, 1.54) is 6.07 Å². The lowest BCUT2D eigenvalue weighted by Crippen LogP contribution is -2.48. The molecule has 9 heteroatoms. The van der Waals surface area contributed by atoms with Crippen molar-refractivity contribution in [1.82, 2.24) is 10.2 Å². The molecule has 0 fully saturated rings. The van der Waals surface area contributed by atoms with Gasteiger partial charge in [-0.05, 0) is 60.7 Å². The number of nitrogens with one attached hydrogen (secondary N) is 1. The third-order valence-corrected chi connectivity index (χ3v) is 6.14. The molecule has 0 heterocycles. The number of methoxy groups -OCH3 is 2. The number of thioether (sulfide) groups is 1. The quantitative estimate of drug-likeness (QED) is 0.491. The molecule has 2 aromatic rings. The van der Waals surface area contributed by atoms with Crippen LogP contribution in [0.1, 0.15) is 22.3 Å². The minimum Gasteiger partial charge on any atom is -0.493 e. The average Bonchev–Trinajstić information content (AvgIpc) is 2.79. The van der Waals surface area contributed by atoms with Crippen molar-refractivity contribution in [2.45, 2.75) is 18.9 Å². The second-order valence-electron chi connectivity index (χ2n) is 7.13. The van der Waals surface area contributed by atoms with Gasteiger partial charge in [-0.3, -0.25) is 9.59 Å². The summed E-state index contributed by atoms with van der Waals surface area (Å²) in [4.78, 5) is 27.5. The summed E-state index contributed by atoms with van der Waals surface area (Å²) in [7, 11) is 4.91. The van der Waals surface area contributed by atoms with Crippen molar-refractivity contribution in [3.8, 4) is 11.5 Å². The summed E-state index contributed by atoms with van der Waals surface area (Å²) in [6.45, 7) is 0.488. The number of hydrogen-bond acceptors (Lipinski definition) is 5. The zero-order valence-electron chi connectivity index (χ0n) is 18.6. The Bertz CT molecular complexity index is 942. The molecule has 32 heavy (non-hydrogen) atoms. The normalized spacial score (nSPS) is 11.6. The molecule has 0 saturated carbocycles. The molecule has 0 aliphatic heterocycles. The van der Waals surface area contributed by atoms with Gasteiger partial charge in [0, 0.05) is 18.6 Å². The third-order valence-electron chi connectivity index (χ3n) is 4.95. The molecule has 1 atom stereocenters. The van der Waals surface area contributed by atoms with Crippen LogP contribution in [-0.4, -0.2) is 62.6 Å². The zero-order valence-corrected chi connectivity index (χ0v) is 20.9. The molecule has 0 aliphatic rings. The van der Waals surface area contributed by atoms with Crippen LogP contribution in [0.5, 0.6) is 11.5 Å². The first-order valence-electron chi connectivity index (χ1n) is 10.0. The highest BCUT2D eigenvalue weighted by Crippen LogP contribution is 2.27. The molecule has 2 rings (SSSR count). The molecule has 2 amide bonds. The van der Waals surface area contributed by atoms with Gasteiger partial charge in [0.25, 0.3) is 5.91 Å². The van der Waals surface area contributed by atoms with Gasteiger partial charge in [0.2, 0.25) is 5.91 Å². The van der Waals surface area contributed by atoms with Crippen LogP contribution in [0.2, 0.25) is 10.0 Å². The monoisotopic (exact) mass is 498 g/mol. The van der Waals surface area contributed by atoms with Crippen LogP contribution in [0, 0.1) is 0 Å². The molecule has 0 aromatic heterocycles. The predicted molar refractivity (Wildman–Crippen MR) is 132 cm³/mol. The number of rotatable bonds is 11. The Labute approximate surface area is 203 Å². The van der Waals surface area contributed by atoms with Crippen molar-refractivity contribution in [1.29, 1.82) is 0 Å². The number of hydrogen-bond donors (Lipinski definition) is 1. The Morgan fingerprint density at radius 2 is 1.81 bits per heavy atom. The lowest BCUT2D eigenvalue weighted by Gasteiger charge is -2.25. The van der Waals surface area contributed by atoms with Crippen LogP contribution in [-0.2, 0) is 11.2 Å². The number of ether oxygens (including phenoxy) is 2. The summed E-state index contributed by atoms with van der Waals surface area (Å²) in [6, 6.07) is 9.67. The van der Waals surface area contributed by atoms with E-state index in [1.807, 2.05) is 24.5 Å². The van der Waals surface area contributed by atoms with Gasteiger partial charge in [-0.1, -0.05) is 29.3 Å². The number of amides is 2. The minimum atomic E-state index is -0.655. The Morgan fingerprint density at radius 3 is 2.44 bits per heavy atom. The van der Waals surface area contributed by atoms with Crippen LogP contribution in [0.15, 0.2) is 36.4 Å². The third kappa shape index (κ3) is 7.22. The summed E-state index contributed by atoms with van der Waals surface area (Å²) in [5.74, 6) is 1.47. The van der Waals surface area contributed by atoms with E-state index in [4.69, 9.17) is 32.7 Å². The Hall–Kier alpha value is -2.09. The lowest BCUT2D eigenvalue weighted by atomic mass is 10.1. The van der Waals surface area contributed by atoms with E-state index in [-0.39, 0.29) is 16.5 Å². The molecular formula is C23H28Cl2N2O4S. The van der Waals surface area contributed by atoms with Crippen LogP contribution < -0.4 is 14.8 Å². The number of carbonyl (C=O) groups excluding carboxylic acids is 2. The molecule has 2 aromatic carbocycles. The topological polar surface area (TPSA) is 67.9 Å². The van der Waals surface area contributed by atoms with Crippen LogP contribution >= 0.6 is 35.0 Å². The maximum Gasteiger partial charge on any atom is 0.253 e. The van der Waals surface area contributed by atoms with Gasteiger partial charge >= 0.3 is 0 Å². The zero-order chi connectivity index (χ0) is 23.7. The molecule has 0 saturated heterocycles. The standard InChI is InChI=1S/C23H28Cl2N2O4S/c1-27(11-9-15-5-8-20(30-2)21(13-15)31-3)23(29)19(10-12-32-4)26-22(28)17-7-6-16(24)14-18(17)25/h5-8,13-14,19H,9-12H2,1-4H3,(H,26,28). The number of likely N-dealkylation sites (N-methyl/N-ethyl adjacent to an activating group) is 1. The van der Waals surface area contributed by atoms with E-state index < -0.39 is 11.9 Å². The number of halogens is 2. The molecule has 0 aliphatic carbocycles. The van der Waals surface area contributed by atoms with Gasteiger partial charge in [-0.25, -0.2) is 0 Å². The molecule has 1 N–H and O–H groups in total. The van der Waals surface area contributed by atoms with E-state index >= 15 is 0 Å². The van der Waals surface area contributed by atoms with E-state index in [1.54, 1.807) is 50.1 Å². The Kier molecular flexibility index (Phi) is 10.5. The summed E-state index contributed by atoms with van der Waals surface area (Å²) < 4.78 is 10.6. The summed E-state index contributed by atoms with van der Waals surface area (Å²) in [5.41, 5.74) is 1.30. The minimum absolute atomic E-state index is 0.155. The van der Waals surface area contributed by atoms with Crippen molar-refractivity contribution < 1.29 is 19.1 Å². The van der Waals surface area contributed by atoms with Crippen molar-refractivity contribution in [3.63, 3.8) is 0 Å². The molecule has 6 nitrogen and oxygen atoms in total. The Morgan fingerprint density at radius 1 is 1.09 bits per heavy atom. The van der Waals surface area contributed by atoms with E-state index in [9.17, 15) is 9.59 Å². The first-order valence-corrected chi connectivity index (χ1v) is 12.2. The fourth-order valence-corrected chi connectivity index (χ4v) is 4.08. The van der Waals surface area contributed by atoms with Crippen molar-refractivity contribution >= 4 is 46.8 Å². The lowest BCUT2D eigenvalue weighted by molar-refractivity contribution is -0.131. The summed E-state index contributed by atoms with van der Waals surface area (Å²) in [6.07, 6.45) is 3.10.